The Balaban J connectivity index is 2.10. The molecule has 10 heavy (non-hydrogen) atoms. The van der Waals surface area contributed by atoms with Crippen LogP contribution in [-0.4, -0.2) is 0 Å². The summed E-state index contributed by atoms with van der Waals surface area (Å²) in [6.07, 6.45) is 8.63. The smallest absolute Gasteiger partial charge is 0.0178 e. The van der Waals surface area contributed by atoms with Crippen LogP contribution >= 0.6 is 0 Å². The van der Waals surface area contributed by atoms with Crippen LogP contribution in [0.5, 0.6) is 0 Å². The van der Waals surface area contributed by atoms with Crippen molar-refractivity contribution in [3.8, 4) is 0 Å². The zero-order valence-corrected chi connectivity index (χ0v) is 6.60. The first-order valence-electron chi connectivity index (χ1n) is 4.55. The lowest BCUT2D eigenvalue weighted by Gasteiger charge is -2.27. The molecule has 0 aromatic heterocycles. The van der Waals surface area contributed by atoms with Gasteiger partial charge in [-0.05, 0) is 43.9 Å². The largest absolute Gasteiger partial charge is 0.0996 e. The van der Waals surface area contributed by atoms with Gasteiger partial charge in [-0.2, -0.15) is 0 Å². The van der Waals surface area contributed by atoms with Crippen molar-refractivity contribution < 1.29 is 0 Å². The van der Waals surface area contributed by atoms with Gasteiger partial charge < -0.3 is 0 Å². The molecule has 0 N–H and O–H groups in total. The fourth-order valence-electron chi connectivity index (χ4n) is 2.70. The molecule has 2 rings (SSSR count). The van der Waals surface area contributed by atoms with Gasteiger partial charge in [0, 0.05) is 0 Å². The highest BCUT2D eigenvalue weighted by Crippen LogP contribution is 2.44. The normalized spacial score (nSPS) is 39.8. The summed E-state index contributed by atoms with van der Waals surface area (Å²) in [5.41, 5.74) is 1.56. The predicted octanol–water partition coefficient (Wildman–Crippen LogP) is 3.14. The van der Waals surface area contributed by atoms with Gasteiger partial charge in [-0.15, -0.1) is 0 Å². The zero-order valence-electron chi connectivity index (χ0n) is 6.60. The van der Waals surface area contributed by atoms with Crippen molar-refractivity contribution in [1.29, 1.82) is 0 Å². The van der Waals surface area contributed by atoms with Gasteiger partial charge in [0.05, 0.1) is 0 Å². The van der Waals surface area contributed by atoms with E-state index in [-0.39, 0.29) is 0 Å². The third kappa shape index (κ3) is 0.902. The van der Waals surface area contributed by atoms with E-state index in [1.165, 1.54) is 38.5 Å². The van der Waals surface area contributed by atoms with E-state index in [0.717, 1.165) is 11.8 Å². The van der Waals surface area contributed by atoms with E-state index in [1.54, 1.807) is 5.57 Å². The summed E-state index contributed by atoms with van der Waals surface area (Å²) >= 11 is 0. The maximum atomic E-state index is 4.16. The van der Waals surface area contributed by atoms with Gasteiger partial charge in [-0.25, -0.2) is 0 Å². The number of allylic oxidation sites excluding steroid dienone is 1. The lowest BCUT2D eigenvalue weighted by Crippen LogP contribution is -2.15. The molecule has 0 aromatic rings. The van der Waals surface area contributed by atoms with Crippen molar-refractivity contribution in [2.75, 3.05) is 0 Å². The Bertz CT molecular complexity index is 146. The van der Waals surface area contributed by atoms with Crippen molar-refractivity contribution in [2.45, 2.75) is 38.5 Å². The van der Waals surface area contributed by atoms with Crippen LogP contribution in [0.15, 0.2) is 12.2 Å². The summed E-state index contributed by atoms with van der Waals surface area (Å²) in [7, 11) is 0. The van der Waals surface area contributed by atoms with Crippen LogP contribution in [0, 0.1) is 11.8 Å². The molecular formula is C10H16. The molecule has 0 nitrogen and oxygen atoms in total. The highest BCUT2D eigenvalue weighted by molar-refractivity contribution is 5.08. The van der Waals surface area contributed by atoms with Crippen molar-refractivity contribution in [3.63, 3.8) is 0 Å². The minimum Gasteiger partial charge on any atom is -0.0996 e. The Morgan fingerprint density at radius 2 is 1.90 bits per heavy atom. The van der Waals surface area contributed by atoms with E-state index in [0.29, 0.717) is 0 Å². The third-order valence-electron chi connectivity index (χ3n) is 3.26. The second-order valence-electron chi connectivity index (χ2n) is 3.85. The molecule has 2 aliphatic rings. The minimum atomic E-state index is 0.939. The molecule has 0 heterocycles. The van der Waals surface area contributed by atoms with E-state index in [4.69, 9.17) is 0 Å². The van der Waals surface area contributed by atoms with Gasteiger partial charge in [0.15, 0.2) is 0 Å². The maximum Gasteiger partial charge on any atom is -0.0178 e. The monoisotopic (exact) mass is 136 g/mol. The number of rotatable bonds is 0. The summed E-state index contributed by atoms with van der Waals surface area (Å²) < 4.78 is 0. The Morgan fingerprint density at radius 1 is 1.10 bits per heavy atom. The molecule has 0 spiro atoms. The van der Waals surface area contributed by atoms with Crippen LogP contribution in [0.1, 0.15) is 38.5 Å². The second kappa shape index (κ2) is 2.41. The Morgan fingerprint density at radius 3 is 2.70 bits per heavy atom. The highest BCUT2D eigenvalue weighted by Gasteiger charge is 2.31. The summed E-state index contributed by atoms with van der Waals surface area (Å²) in [6, 6.07) is 0. The first-order chi connectivity index (χ1) is 4.88. The molecular weight excluding hydrogens is 120 g/mol. The number of fused-ring (bicyclic) bond motifs is 1. The Kier molecular flexibility index (Phi) is 1.55. The topological polar surface area (TPSA) is 0 Å². The van der Waals surface area contributed by atoms with Crippen LogP contribution in [0.3, 0.4) is 0 Å². The maximum absolute atomic E-state index is 4.16. The van der Waals surface area contributed by atoms with Crippen molar-refractivity contribution in [2.24, 2.45) is 11.8 Å². The molecule has 0 heteroatoms. The van der Waals surface area contributed by atoms with Gasteiger partial charge in [0.2, 0.25) is 0 Å². The molecule has 2 aliphatic carbocycles. The van der Waals surface area contributed by atoms with E-state index in [2.05, 4.69) is 6.58 Å². The molecule has 0 aromatic carbocycles. The van der Waals surface area contributed by atoms with E-state index in [9.17, 15) is 0 Å². The molecule has 0 amide bonds. The van der Waals surface area contributed by atoms with Gasteiger partial charge in [-0.3, -0.25) is 0 Å². The summed E-state index contributed by atoms with van der Waals surface area (Å²) in [6.45, 7) is 4.16. The van der Waals surface area contributed by atoms with Crippen LogP contribution < -0.4 is 0 Å². The number of hydrogen-bond donors (Lipinski definition) is 0. The highest BCUT2D eigenvalue weighted by atomic mass is 14.4. The van der Waals surface area contributed by atoms with Gasteiger partial charge in [0.1, 0.15) is 0 Å². The predicted molar refractivity (Wildman–Crippen MR) is 43.8 cm³/mol. The fraction of sp³-hybridized carbons (Fsp3) is 0.800. The molecule has 0 bridgehead atoms. The van der Waals surface area contributed by atoms with E-state index in [1.807, 2.05) is 0 Å². The second-order valence-corrected chi connectivity index (χ2v) is 3.85. The lowest BCUT2D eigenvalue weighted by molar-refractivity contribution is 0.350. The molecule has 2 unspecified atom stereocenters. The molecule has 0 radical (unpaired) electrons. The molecule has 0 aliphatic heterocycles. The SMILES string of the molecule is C=C1CCCC2CCCC12. The van der Waals surface area contributed by atoms with Crippen molar-refractivity contribution >= 4 is 0 Å². The van der Waals surface area contributed by atoms with Gasteiger partial charge in [-0.1, -0.05) is 18.6 Å². The standard InChI is InChI=1S/C10H16/c1-8-4-2-5-9-6-3-7-10(8)9/h9-10H,1-7H2. The average molecular weight is 136 g/mol. The Labute approximate surface area is 63.3 Å². The fourth-order valence-corrected chi connectivity index (χ4v) is 2.70. The van der Waals surface area contributed by atoms with Crippen LogP contribution in [0.4, 0.5) is 0 Å². The first kappa shape index (κ1) is 6.45. The molecule has 2 fully saturated rings. The molecule has 0 saturated heterocycles. The average Bonchev–Trinajstić information content (AvgIpc) is 2.36. The first-order valence-corrected chi connectivity index (χ1v) is 4.55. The molecule has 56 valence electrons. The van der Waals surface area contributed by atoms with Crippen LogP contribution in [-0.2, 0) is 0 Å². The van der Waals surface area contributed by atoms with Crippen LogP contribution in [0.25, 0.3) is 0 Å². The quantitative estimate of drug-likeness (QED) is 0.449. The molecule has 2 saturated carbocycles. The van der Waals surface area contributed by atoms with Crippen LogP contribution in [0.2, 0.25) is 0 Å². The van der Waals surface area contributed by atoms with E-state index >= 15 is 0 Å². The van der Waals surface area contributed by atoms with Crippen molar-refractivity contribution in [3.05, 3.63) is 12.2 Å². The molecule has 2 atom stereocenters. The third-order valence-corrected chi connectivity index (χ3v) is 3.26. The van der Waals surface area contributed by atoms with Crippen molar-refractivity contribution in [1.82, 2.24) is 0 Å². The summed E-state index contributed by atoms with van der Waals surface area (Å²) in [5, 5.41) is 0. The van der Waals surface area contributed by atoms with E-state index < -0.39 is 0 Å². The Hall–Kier alpha value is -0.260. The number of hydrogen-bond acceptors (Lipinski definition) is 0. The zero-order chi connectivity index (χ0) is 6.97. The minimum absolute atomic E-state index is 0.939. The van der Waals surface area contributed by atoms with Gasteiger partial charge >= 0.3 is 0 Å². The summed E-state index contributed by atoms with van der Waals surface area (Å²) in [5.74, 6) is 1.98. The summed E-state index contributed by atoms with van der Waals surface area (Å²) in [4.78, 5) is 0. The van der Waals surface area contributed by atoms with Gasteiger partial charge in [0.25, 0.3) is 0 Å². The lowest BCUT2D eigenvalue weighted by atomic mass is 9.79.